The molecule has 0 atom stereocenters. The fourth-order valence-electron chi connectivity index (χ4n) is 3.51. The summed E-state index contributed by atoms with van der Waals surface area (Å²) in [5.74, 6) is 0.988. The van der Waals surface area contributed by atoms with E-state index in [9.17, 15) is 4.79 Å². The Hall–Kier alpha value is -2.63. The van der Waals surface area contributed by atoms with Gasteiger partial charge in [-0.05, 0) is 35.1 Å². The van der Waals surface area contributed by atoms with Crippen LogP contribution < -0.4 is 16.0 Å². The Morgan fingerprint density at radius 1 is 1.04 bits per heavy atom. The maximum absolute atomic E-state index is 13.3. The van der Waals surface area contributed by atoms with Gasteiger partial charge in [-0.1, -0.05) is 44.2 Å². The molecule has 0 radical (unpaired) electrons. The van der Waals surface area contributed by atoms with Gasteiger partial charge >= 0.3 is 0 Å². The minimum Gasteiger partial charge on any atom is -0.491 e. The Labute approximate surface area is 165 Å². The van der Waals surface area contributed by atoms with Gasteiger partial charge in [0.15, 0.2) is 0 Å². The first kappa shape index (κ1) is 20.1. The summed E-state index contributed by atoms with van der Waals surface area (Å²) in [6.07, 6.45) is 0. The summed E-state index contributed by atoms with van der Waals surface area (Å²) in [6.45, 7) is 6.06. The normalized spacial score (nSPS) is 11.3. The summed E-state index contributed by atoms with van der Waals surface area (Å²) in [5, 5.41) is 1.54. The van der Waals surface area contributed by atoms with E-state index in [1.807, 2.05) is 41.0 Å². The first-order valence-electron chi connectivity index (χ1n) is 9.63. The van der Waals surface area contributed by atoms with Crippen LogP contribution in [0.2, 0.25) is 0 Å². The molecule has 2 aromatic carbocycles. The first-order chi connectivity index (χ1) is 13.6. The summed E-state index contributed by atoms with van der Waals surface area (Å²) in [5.41, 5.74) is 9.05. The van der Waals surface area contributed by atoms with Crippen LogP contribution in [0.1, 0.15) is 19.5 Å². The van der Waals surface area contributed by atoms with Crippen LogP contribution >= 0.6 is 0 Å². The van der Waals surface area contributed by atoms with Crippen LogP contribution in [0.15, 0.2) is 53.3 Å². The van der Waals surface area contributed by atoms with E-state index in [0.29, 0.717) is 43.4 Å². The summed E-state index contributed by atoms with van der Waals surface area (Å²) in [6, 6.07) is 15.8. The van der Waals surface area contributed by atoms with Gasteiger partial charge in [0.2, 0.25) is 0 Å². The molecule has 5 heteroatoms. The highest BCUT2D eigenvalue weighted by atomic mass is 16.5. The third kappa shape index (κ3) is 4.11. The van der Waals surface area contributed by atoms with Gasteiger partial charge in [0.1, 0.15) is 12.4 Å². The Kier molecular flexibility index (Phi) is 6.49. The van der Waals surface area contributed by atoms with Gasteiger partial charge in [0, 0.05) is 31.5 Å². The number of methoxy groups -OCH3 is 1. The molecule has 1 aromatic heterocycles. The number of rotatable bonds is 8. The number of hydrogen-bond acceptors (Lipinski definition) is 4. The predicted molar refractivity (Wildman–Crippen MR) is 114 cm³/mol. The van der Waals surface area contributed by atoms with E-state index in [4.69, 9.17) is 15.2 Å². The van der Waals surface area contributed by atoms with Crippen molar-refractivity contribution in [3.05, 3.63) is 64.6 Å². The van der Waals surface area contributed by atoms with Crippen LogP contribution in [0, 0.1) is 5.92 Å². The SMILES string of the molecule is COCCOc1ccc2c(-c3ccccc3)c(CN)n(CC(C)C)c(=O)c2c1. The molecule has 28 heavy (non-hydrogen) atoms. The van der Waals surface area contributed by atoms with Crippen molar-refractivity contribution in [1.82, 2.24) is 4.57 Å². The highest BCUT2D eigenvalue weighted by Crippen LogP contribution is 2.32. The lowest BCUT2D eigenvalue weighted by molar-refractivity contribution is 0.146. The number of fused-ring (bicyclic) bond motifs is 1. The zero-order chi connectivity index (χ0) is 20.1. The molecule has 0 aliphatic carbocycles. The van der Waals surface area contributed by atoms with Crippen molar-refractivity contribution in [2.75, 3.05) is 20.3 Å². The average molecular weight is 380 g/mol. The second-order valence-corrected chi connectivity index (χ2v) is 7.25. The Balaban J connectivity index is 2.28. The molecule has 0 saturated carbocycles. The molecule has 0 aliphatic heterocycles. The monoisotopic (exact) mass is 380 g/mol. The van der Waals surface area contributed by atoms with Gasteiger partial charge in [-0.3, -0.25) is 4.79 Å². The van der Waals surface area contributed by atoms with Gasteiger partial charge in [-0.15, -0.1) is 0 Å². The van der Waals surface area contributed by atoms with Crippen molar-refractivity contribution < 1.29 is 9.47 Å². The molecule has 3 aromatic rings. The van der Waals surface area contributed by atoms with Crippen molar-refractivity contribution in [1.29, 1.82) is 0 Å². The summed E-state index contributed by atoms with van der Waals surface area (Å²) in [4.78, 5) is 13.3. The second kappa shape index (κ2) is 9.04. The minimum atomic E-state index is -0.0268. The first-order valence-corrected chi connectivity index (χ1v) is 9.63. The summed E-state index contributed by atoms with van der Waals surface area (Å²) < 4.78 is 12.6. The number of pyridine rings is 1. The third-order valence-corrected chi connectivity index (χ3v) is 4.71. The van der Waals surface area contributed by atoms with E-state index >= 15 is 0 Å². The molecular formula is C23H28N2O3. The maximum Gasteiger partial charge on any atom is 0.258 e. The zero-order valence-electron chi connectivity index (χ0n) is 16.8. The van der Waals surface area contributed by atoms with Gasteiger partial charge in [0.25, 0.3) is 5.56 Å². The molecule has 0 saturated heterocycles. The standard InChI is InChI=1S/C23H28N2O3/c1-16(2)15-25-21(14-24)22(17-7-5-4-6-8-17)19-10-9-18(28-12-11-27-3)13-20(19)23(25)26/h4-10,13,16H,11-12,14-15,24H2,1-3H3. The molecule has 5 nitrogen and oxygen atoms in total. The Morgan fingerprint density at radius 3 is 2.43 bits per heavy atom. The number of hydrogen-bond donors (Lipinski definition) is 1. The predicted octanol–water partition coefficient (Wildman–Crippen LogP) is 3.81. The molecule has 2 N–H and O–H groups in total. The Bertz CT molecular complexity index is 994. The molecule has 0 fully saturated rings. The van der Waals surface area contributed by atoms with Crippen molar-refractivity contribution in [3.8, 4) is 16.9 Å². The molecule has 0 bridgehead atoms. The van der Waals surface area contributed by atoms with E-state index < -0.39 is 0 Å². The lowest BCUT2D eigenvalue weighted by Crippen LogP contribution is -2.28. The number of ether oxygens (including phenoxy) is 2. The molecule has 3 rings (SSSR count). The number of aromatic nitrogens is 1. The lowest BCUT2D eigenvalue weighted by atomic mass is 9.96. The van der Waals surface area contributed by atoms with Gasteiger partial charge in [-0.2, -0.15) is 0 Å². The van der Waals surface area contributed by atoms with Crippen molar-refractivity contribution >= 4 is 10.8 Å². The molecule has 0 aliphatic rings. The minimum absolute atomic E-state index is 0.0268. The second-order valence-electron chi connectivity index (χ2n) is 7.25. The van der Waals surface area contributed by atoms with Gasteiger partial charge in [0.05, 0.1) is 12.0 Å². The Morgan fingerprint density at radius 2 is 1.79 bits per heavy atom. The van der Waals surface area contributed by atoms with Crippen LogP contribution in [-0.2, 0) is 17.8 Å². The molecule has 0 amide bonds. The van der Waals surface area contributed by atoms with E-state index in [1.165, 1.54) is 0 Å². The van der Waals surface area contributed by atoms with Crippen LogP contribution in [0.3, 0.4) is 0 Å². The molecule has 148 valence electrons. The summed E-state index contributed by atoms with van der Waals surface area (Å²) in [7, 11) is 1.63. The topological polar surface area (TPSA) is 66.5 Å². The van der Waals surface area contributed by atoms with Crippen molar-refractivity contribution in [2.24, 2.45) is 11.7 Å². The van der Waals surface area contributed by atoms with Crippen LogP contribution in [-0.4, -0.2) is 24.9 Å². The number of nitrogens with two attached hydrogens (primary N) is 1. The van der Waals surface area contributed by atoms with E-state index in [-0.39, 0.29) is 5.56 Å². The van der Waals surface area contributed by atoms with E-state index in [2.05, 4.69) is 26.0 Å². The molecule has 0 unspecified atom stereocenters. The largest absolute Gasteiger partial charge is 0.491 e. The quantitative estimate of drug-likeness (QED) is 0.604. The number of benzene rings is 2. The average Bonchev–Trinajstić information content (AvgIpc) is 2.70. The van der Waals surface area contributed by atoms with Gasteiger partial charge < -0.3 is 19.8 Å². The highest BCUT2D eigenvalue weighted by Gasteiger charge is 2.18. The summed E-state index contributed by atoms with van der Waals surface area (Å²) >= 11 is 0. The fourth-order valence-corrected chi connectivity index (χ4v) is 3.51. The van der Waals surface area contributed by atoms with Crippen LogP contribution in [0.5, 0.6) is 5.75 Å². The van der Waals surface area contributed by atoms with Crippen LogP contribution in [0.4, 0.5) is 0 Å². The zero-order valence-corrected chi connectivity index (χ0v) is 16.8. The van der Waals surface area contributed by atoms with Crippen molar-refractivity contribution in [2.45, 2.75) is 26.9 Å². The maximum atomic E-state index is 13.3. The third-order valence-electron chi connectivity index (χ3n) is 4.71. The van der Waals surface area contributed by atoms with Crippen molar-refractivity contribution in [3.63, 3.8) is 0 Å². The van der Waals surface area contributed by atoms with Gasteiger partial charge in [-0.25, -0.2) is 0 Å². The number of nitrogens with zero attached hydrogens (tertiary/aromatic N) is 1. The van der Waals surface area contributed by atoms with Crippen LogP contribution in [0.25, 0.3) is 21.9 Å². The molecule has 0 spiro atoms. The fraction of sp³-hybridized carbons (Fsp3) is 0.348. The molecular weight excluding hydrogens is 352 g/mol. The smallest absolute Gasteiger partial charge is 0.258 e. The van der Waals surface area contributed by atoms with E-state index in [1.54, 1.807) is 7.11 Å². The highest BCUT2D eigenvalue weighted by molar-refractivity contribution is 5.98. The lowest BCUT2D eigenvalue weighted by Gasteiger charge is -2.21. The molecule has 1 heterocycles. The van der Waals surface area contributed by atoms with E-state index in [0.717, 1.165) is 22.2 Å².